The van der Waals surface area contributed by atoms with Crippen molar-refractivity contribution in [3.8, 4) is 22.3 Å². The van der Waals surface area contributed by atoms with Crippen LogP contribution in [-0.2, 0) is 0 Å². The second-order valence-corrected chi connectivity index (χ2v) is 13.7. The second-order valence-electron chi connectivity index (χ2n) is 13.7. The summed E-state index contributed by atoms with van der Waals surface area (Å²) in [5.74, 6) is 1.34. The van der Waals surface area contributed by atoms with Gasteiger partial charge in [0, 0.05) is 39.2 Å². The Bertz CT molecular complexity index is 3140. The largest absolute Gasteiger partial charge is 0.456 e. The Hall–Kier alpha value is -7.31. The number of hydrogen-bond acceptors (Lipinski definition) is 6. The van der Waals surface area contributed by atoms with E-state index >= 15 is 0 Å². The monoisotopic (exact) mass is 694 g/mol. The van der Waals surface area contributed by atoms with E-state index in [-0.39, 0.29) is 0 Å². The Kier molecular flexibility index (Phi) is 6.82. The van der Waals surface area contributed by atoms with Crippen LogP contribution in [0.2, 0.25) is 0 Å². The Morgan fingerprint density at radius 2 is 1.20 bits per heavy atom. The maximum atomic E-state index is 6.49. The zero-order chi connectivity index (χ0) is 35.6. The summed E-state index contributed by atoms with van der Waals surface area (Å²) in [5.41, 5.74) is 11.1. The number of hydrogen-bond donors (Lipinski definition) is 1. The molecule has 0 aliphatic carbocycles. The molecule has 11 rings (SSSR count). The molecule has 1 aliphatic heterocycles. The predicted octanol–water partition coefficient (Wildman–Crippen LogP) is 11.9. The van der Waals surface area contributed by atoms with E-state index in [0.717, 1.165) is 66.2 Å². The summed E-state index contributed by atoms with van der Waals surface area (Å²) in [6, 6.07) is 56.3. The molecule has 10 aromatic rings. The molecule has 7 aromatic carbocycles. The summed E-state index contributed by atoms with van der Waals surface area (Å²) in [4.78, 5) is 15.2. The first-order valence-electron chi connectivity index (χ1n) is 18.0. The molecule has 0 amide bonds. The van der Waals surface area contributed by atoms with Gasteiger partial charge in [0.05, 0.1) is 5.39 Å². The average Bonchev–Trinajstić information content (AvgIpc) is 3.81. The number of aromatic nitrogens is 1. The van der Waals surface area contributed by atoms with Crippen LogP contribution >= 0.6 is 0 Å². The number of aliphatic imine (C=N–C) groups is 2. The lowest BCUT2D eigenvalue weighted by Crippen LogP contribution is -2.33. The summed E-state index contributed by atoms with van der Waals surface area (Å²) in [6.45, 7) is 0. The van der Waals surface area contributed by atoms with Crippen molar-refractivity contribution in [2.24, 2.45) is 9.98 Å². The molecular formula is C48H30N4O2. The zero-order valence-corrected chi connectivity index (χ0v) is 28.9. The third-order valence-electron chi connectivity index (χ3n) is 10.4. The van der Waals surface area contributed by atoms with E-state index in [1.165, 1.54) is 21.9 Å². The van der Waals surface area contributed by atoms with Crippen molar-refractivity contribution in [2.75, 3.05) is 0 Å². The highest BCUT2D eigenvalue weighted by molar-refractivity contribution is 6.21. The molecule has 0 radical (unpaired) electrons. The number of nitrogens with zero attached hydrogens (tertiary/aromatic N) is 3. The van der Waals surface area contributed by atoms with Crippen LogP contribution in [0.25, 0.3) is 77.0 Å². The number of nitrogens with one attached hydrogen (secondary N) is 1. The van der Waals surface area contributed by atoms with Crippen LogP contribution in [0.1, 0.15) is 22.9 Å². The molecule has 0 bridgehead atoms. The molecular weight excluding hydrogens is 665 g/mol. The minimum Gasteiger partial charge on any atom is -0.456 e. The van der Waals surface area contributed by atoms with Gasteiger partial charge in [-0.2, -0.15) is 0 Å². The molecule has 0 saturated carbocycles. The van der Waals surface area contributed by atoms with Gasteiger partial charge in [-0.1, -0.05) is 133 Å². The average molecular weight is 695 g/mol. The quantitative estimate of drug-likeness (QED) is 0.195. The number of rotatable bonds is 5. The lowest BCUT2D eigenvalue weighted by atomic mass is 9.98. The number of amidine groups is 2. The molecule has 6 heteroatoms. The topological polar surface area (TPSA) is 75.9 Å². The smallest absolute Gasteiger partial charge is 0.159 e. The first-order chi connectivity index (χ1) is 26.7. The Morgan fingerprint density at radius 1 is 0.481 bits per heavy atom. The van der Waals surface area contributed by atoms with Gasteiger partial charge in [0.1, 0.15) is 34.3 Å². The molecule has 6 nitrogen and oxygen atoms in total. The number of furan rings is 2. The van der Waals surface area contributed by atoms with Crippen molar-refractivity contribution in [3.63, 3.8) is 0 Å². The van der Waals surface area contributed by atoms with Crippen molar-refractivity contribution in [3.05, 3.63) is 187 Å². The molecule has 1 N–H and O–H groups in total. The van der Waals surface area contributed by atoms with E-state index in [1.807, 2.05) is 66.9 Å². The van der Waals surface area contributed by atoms with Gasteiger partial charge in [0.15, 0.2) is 11.4 Å². The highest BCUT2D eigenvalue weighted by Crippen LogP contribution is 2.36. The predicted molar refractivity (Wildman–Crippen MR) is 219 cm³/mol. The number of benzene rings is 7. The van der Waals surface area contributed by atoms with E-state index in [0.29, 0.717) is 17.3 Å². The molecule has 4 heterocycles. The third kappa shape index (κ3) is 5.07. The fourth-order valence-corrected chi connectivity index (χ4v) is 7.65. The first-order valence-corrected chi connectivity index (χ1v) is 18.0. The molecule has 1 unspecified atom stereocenters. The van der Waals surface area contributed by atoms with Gasteiger partial charge >= 0.3 is 0 Å². The van der Waals surface area contributed by atoms with Gasteiger partial charge in [-0.15, -0.1) is 0 Å². The van der Waals surface area contributed by atoms with Crippen LogP contribution in [0, 0.1) is 0 Å². The van der Waals surface area contributed by atoms with Gasteiger partial charge in [0.2, 0.25) is 0 Å². The van der Waals surface area contributed by atoms with Crippen molar-refractivity contribution >= 4 is 66.5 Å². The number of fused-ring (bicyclic) bond motifs is 7. The maximum Gasteiger partial charge on any atom is 0.159 e. The fourth-order valence-electron chi connectivity index (χ4n) is 7.65. The molecule has 3 aromatic heterocycles. The van der Waals surface area contributed by atoms with Gasteiger partial charge in [0.25, 0.3) is 0 Å². The normalized spacial score (nSPS) is 14.5. The highest BCUT2D eigenvalue weighted by atomic mass is 16.3. The maximum absolute atomic E-state index is 6.49. The third-order valence-corrected chi connectivity index (χ3v) is 10.4. The Morgan fingerprint density at radius 3 is 2.09 bits per heavy atom. The van der Waals surface area contributed by atoms with Gasteiger partial charge in [-0.3, -0.25) is 4.98 Å². The molecule has 54 heavy (non-hydrogen) atoms. The van der Waals surface area contributed by atoms with Crippen LogP contribution in [0.4, 0.5) is 0 Å². The van der Waals surface area contributed by atoms with Crippen LogP contribution < -0.4 is 5.32 Å². The Balaban J connectivity index is 0.969. The van der Waals surface area contributed by atoms with Gasteiger partial charge in [-0.25, -0.2) is 9.98 Å². The molecule has 1 aliphatic rings. The Labute approximate surface area is 309 Å². The highest BCUT2D eigenvalue weighted by Gasteiger charge is 2.25. The van der Waals surface area contributed by atoms with Crippen LogP contribution in [0.3, 0.4) is 0 Å². The minimum absolute atomic E-state index is 0.407. The summed E-state index contributed by atoms with van der Waals surface area (Å²) in [6.07, 6.45) is 1.52. The summed E-state index contributed by atoms with van der Waals surface area (Å²) >= 11 is 0. The minimum atomic E-state index is -0.407. The molecule has 254 valence electrons. The lowest BCUT2D eigenvalue weighted by molar-refractivity contribution is 0.655. The van der Waals surface area contributed by atoms with E-state index in [4.69, 9.17) is 23.8 Å². The SMILES string of the molecule is c1ccc(C2=NC(c3ccc4c(c3)oc3ccccc34)NC(c3cccc4oc5cc(-c6ccc(-c7ccc8ccccc8c7)cc6)cnc5c34)=N2)cc1. The van der Waals surface area contributed by atoms with E-state index < -0.39 is 6.17 Å². The summed E-state index contributed by atoms with van der Waals surface area (Å²) in [5, 5.41) is 9.19. The zero-order valence-electron chi connectivity index (χ0n) is 28.9. The molecule has 0 spiro atoms. The van der Waals surface area contributed by atoms with E-state index in [2.05, 4.69) is 108 Å². The van der Waals surface area contributed by atoms with Crippen molar-refractivity contribution in [1.29, 1.82) is 0 Å². The number of para-hydroxylation sites is 1. The molecule has 1 atom stereocenters. The van der Waals surface area contributed by atoms with Crippen LogP contribution in [-0.4, -0.2) is 16.7 Å². The second kappa shape index (κ2) is 12.1. The standard InChI is InChI=1S/C48H30N4O2/c1-2-10-32(11-3-1)46-50-47(35-23-24-38-37-13-6-7-15-40(37)53-42(38)26-35)52-48(51-46)39-14-8-16-41-44(39)45-43(54-41)27-36(28-49-45)31-19-17-30(18-20-31)34-22-21-29-9-4-5-12-33(29)25-34/h1-28,47H,(H,50,51,52). The lowest BCUT2D eigenvalue weighted by Gasteiger charge is -2.24. The van der Waals surface area contributed by atoms with Gasteiger partial charge < -0.3 is 14.2 Å². The molecule has 0 fully saturated rings. The van der Waals surface area contributed by atoms with Crippen molar-refractivity contribution in [1.82, 2.24) is 10.3 Å². The first kappa shape index (κ1) is 30.3. The molecule has 0 saturated heterocycles. The summed E-state index contributed by atoms with van der Waals surface area (Å²) < 4.78 is 12.7. The van der Waals surface area contributed by atoms with E-state index in [9.17, 15) is 0 Å². The van der Waals surface area contributed by atoms with Crippen molar-refractivity contribution in [2.45, 2.75) is 6.17 Å². The van der Waals surface area contributed by atoms with Crippen molar-refractivity contribution < 1.29 is 8.83 Å². The fraction of sp³-hybridized carbons (Fsp3) is 0.0208. The van der Waals surface area contributed by atoms with Crippen LogP contribution in [0.15, 0.2) is 189 Å². The van der Waals surface area contributed by atoms with E-state index in [1.54, 1.807) is 0 Å². The van der Waals surface area contributed by atoms with Gasteiger partial charge in [-0.05, 0) is 57.8 Å². The number of pyridine rings is 1. The van der Waals surface area contributed by atoms with Crippen LogP contribution in [0.5, 0.6) is 0 Å². The summed E-state index contributed by atoms with van der Waals surface area (Å²) in [7, 11) is 0.